The maximum Gasteiger partial charge on any atom is 0.241 e. The summed E-state index contributed by atoms with van der Waals surface area (Å²) < 4.78 is 5.65. The van der Waals surface area contributed by atoms with Gasteiger partial charge in [-0.25, -0.2) is 0 Å². The fourth-order valence-electron chi connectivity index (χ4n) is 0.829. The Morgan fingerprint density at radius 1 is 1.13 bits per heavy atom. The number of nitrogens with zero attached hydrogens (tertiary/aromatic N) is 1. The Hall–Kier alpha value is -0.536. The lowest BCUT2D eigenvalue weighted by Crippen LogP contribution is -2.35. The molecule has 86 valence electrons. The Labute approximate surface area is 96.1 Å². The molecule has 1 atom stereocenters. The molecular weight excluding hydrogens is 218 g/mol. The zero-order valence-electron chi connectivity index (χ0n) is 11.0. The number of rotatable bonds is 4. The van der Waals surface area contributed by atoms with Crippen molar-refractivity contribution in [3.05, 3.63) is 12.3 Å². The first-order valence-electron chi connectivity index (χ1n) is 5.29. The van der Waals surface area contributed by atoms with Crippen LogP contribution in [0.5, 0.6) is 0 Å². The Bertz CT molecular complexity index is 280. The summed E-state index contributed by atoms with van der Waals surface area (Å²) in [5, 5.41) is 8.90. The van der Waals surface area contributed by atoms with Crippen LogP contribution in [-0.4, -0.2) is 16.4 Å². The molecular formula is C11H23NOSi2. The lowest BCUT2D eigenvalue weighted by Gasteiger charge is -2.31. The van der Waals surface area contributed by atoms with E-state index in [2.05, 4.69) is 45.4 Å². The third-order valence-corrected chi connectivity index (χ3v) is 6.85. The van der Waals surface area contributed by atoms with Gasteiger partial charge in [0.2, 0.25) is 8.32 Å². The van der Waals surface area contributed by atoms with Gasteiger partial charge in [0.25, 0.3) is 0 Å². The van der Waals surface area contributed by atoms with E-state index in [9.17, 15) is 5.26 Å². The van der Waals surface area contributed by atoms with Crippen LogP contribution in [-0.2, 0) is 4.43 Å². The van der Waals surface area contributed by atoms with Crippen molar-refractivity contribution in [3.63, 3.8) is 0 Å². The van der Waals surface area contributed by atoms with E-state index in [0.717, 1.165) is 0 Å². The van der Waals surface area contributed by atoms with Gasteiger partial charge in [0.1, 0.15) is 0 Å². The highest BCUT2D eigenvalue weighted by Gasteiger charge is 2.37. The maximum atomic E-state index is 9.24. The first kappa shape index (κ1) is 14.5. The Morgan fingerprint density at radius 2 is 1.60 bits per heavy atom. The summed E-state index contributed by atoms with van der Waals surface area (Å²) in [6, 6.07) is 2.41. The minimum atomic E-state index is -1.52. The van der Waals surface area contributed by atoms with E-state index in [1.807, 2.05) is 13.0 Å². The summed E-state index contributed by atoms with van der Waals surface area (Å²) in [7, 11) is -3.03. The van der Waals surface area contributed by atoms with Crippen LogP contribution >= 0.6 is 0 Å². The van der Waals surface area contributed by atoms with Crippen LogP contribution in [0.1, 0.15) is 6.92 Å². The monoisotopic (exact) mass is 241 g/mol. The lowest BCUT2D eigenvalue weighted by molar-refractivity contribution is 0.475. The van der Waals surface area contributed by atoms with E-state index in [-0.39, 0.29) is 5.04 Å². The van der Waals surface area contributed by atoms with E-state index < -0.39 is 16.4 Å². The van der Waals surface area contributed by atoms with E-state index in [0.29, 0.717) is 0 Å². The van der Waals surface area contributed by atoms with Gasteiger partial charge in [0, 0.05) is 0 Å². The summed E-state index contributed by atoms with van der Waals surface area (Å²) in [4.78, 5) is 0. The van der Waals surface area contributed by atoms with Crippen LogP contribution in [0.3, 0.4) is 0 Å². The van der Waals surface area contributed by atoms with Gasteiger partial charge >= 0.3 is 0 Å². The molecule has 0 aromatic carbocycles. The molecule has 0 saturated heterocycles. The SMILES string of the molecule is CC(C#N)(/C=C/O[Si](C)(C)C)[Si](C)(C)C. The predicted octanol–water partition coefficient (Wildman–Crippen LogP) is 3.97. The molecule has 0 bridgehead atoms. The van der Waals surface area contributed by atoms with Crippen LogP contribution in [0.15, 0.2) is 12.3 Å². The Balaban J connectivity index is 4.70. The van der Waals surface area contributed by atoms with Crippen molar-refractivity contribution in [2.75, 3.05) is 0 Å². The largest absolute Gasteiger partial charge is 0.550 e. The van der Waals surface area contributed by atoms with Crippen molar-refractivity contribution in [1.82, 2.24) is 0 Å². The van der Waals surface area contributed by atoms with E-state index in [4.69, 9.17) is 4.43 Å². The molecule has 0 aliphatic carbocycles. The smallest absolute Gasteiger partial charge is 0.241 e. The fourth-order valence-corrected chi connectivity index (χ4v) is 2.21. The Kier molecular flexibility index (Phi) is 4.38. The highest BCUT2D eigenvalue weighted by Crippen LogP contribution is 2.38. The van der Waals surface area contributed by atoms with Gasteiger partial charge in [-0.3, -0.25) is 0 Å². The van der Waals surface area contributed by atoms with Gasteiger partial charge in [-0.1, -0.05) is 19.6 Å². The molecule has 0 heterocycles. The highest BCUT2D eigenvalue weighted by atomic mass is 28.4. The molecule has 0 rings (SSSR count). The van der Waals surface area contributed by atoms with Gasteiger partial charge in [-0.05, 0) is 32.6 Å². The van der Waals surface area contributed by atoms with Crippen molar-refractivity contribution in [2.24, 2.45) is 0 Å². The minimum absolute atomic E-state index is 0.341. The molecule has 4 heteroatoms. The second kappa shape index (κ2) is 4.54. The number of nitriles is 1. The van der Waals surface area contributed by atoms with E-state index in [1.54, 1.807) is 6.26 Å². The molecule has 0 aromatic rings. The molecule has 1 unspecified atom stereocenters. The van der Waals surface area contributed by atoms with Gasteiger partial charge < -0.3 is 4.43 Å². The van der Waals surface area contributed by atoms with E-state index in [1.165, 1.54) is 0 Å². The van der Waals surface area contributed by atoms with Gasteiger partial charge in [-0.15, -0.1) is 0 Å². The number of hydrogen-bond donors (Lipinski definition) is 0. The molecule has 0 spiro atoms. The zero-order chi connectivity index (χ0) is 12.3. The topological polar surface area (TPSA) is 33.0 Å². The van der Waals surface area contributed by atoms with Gasteiger partial charge in [-0.2, -0.15) is 5.26 Å². The second-order valence-electron chi connectivity index (χ2n) is 6.10. The minimum Gasteiger partial charge on any atom is -0.550 e. The van der Waals surface area contributed by atoms with Crippen molar-refractivity contribution >= 4 is 16.4 Å². The maximum absolute atomic E-state index is 9.24. The van der Waals surface area contributed by atoms with Crippen LogP contribution in [0.2, 0.25) is 44.3 Å². The average molecular weight is 241 g/mol. The fraction of sp³-hybridized carbons (Fsp3) is 0.727. The van der Waals surface area contributed by atoms with Gasteiger partial charge in [0.05, 0.1) is 25.4 Å². The van der Waals surface area contributed by atoms with Crippen LogP contribution < -0.4 is 0 Å². The highest BCUT2D eigenvalue weighted by molar-refractivity contribution is 6.80. The first-order valence-corrected chi connectivity index (χ1v) is 12.2. The molecule has 0 amide bonds. The molecule has 15 heavy (non-hydrogen) atoms. The first-order chi connectivity index (χ1) is 6.52. The zero-order valence-corrected chi connectivity index (χ0v) is 13.0. The molecule has 0 N–H and O–H groups in total. The predicted molar refractivity (Wildman–Crippen MR) is 70.9 cm³/mol. The summed E-state index contributed by atoms with van der Waals surface area (Å²) in [6.45, 7) is 15.0. The summed E-state index contributed by atoms with van der Waals surface area (Å²) in [5.74, 6) is 0. The quantitative estimate of drug-likeness (QED) is 0.551. The average Bonchev–Trinajstić information content (AvgIpc) is 1.99. The van der Waals surface area contributed by atoms with Crippen LogP contribution in [0.25, 0.3) is 0 Å². The summed E-state index contributed by atoms with van der Waals surface area (Å²) in [5.41, 5.74) is 0. The summed E-state index contributed by atoms with van der Waals surface area (Å²) >= 11 is 0. The molecule has 0 aliphatic heterocycles. The number of allylic oxidation sites excluding steroid dienone is 1. The molecule has 0 saturated carbocycles. The molecule has 0 aromatic heterocycles. The van der Waals surface area contributed by atoms with Crippen molar-refractivity contribution in [2.45, 2.75) is 51.2 Å². The molecule has 0 radical (unpaired) electrons. The number of hydrogen-bond acceptors (Lipinski definition) is 2. The molecule has 0 fully saturated rings. The Morgan fingerprint density at radius 3 is 1.87 bits per heavy atom. The molecule has 2 nitrogen and oxygen atoms in total. The third-order valence-electron chi connectivity index (χ3n) is 2.61. The normalized spacial score (nSPS) is 17.2. The molecule has 0 aliphatic rings. The van der Waals surface area contributed by atoms with Crippen molar-refractivity contribution in [1.29, 1.82) is 5.26 Å². The third kappa shape index (κ3) is 4.67. The van der Waals surface area contributed by atoms with Gasteiger partial charge in [0.15, 0.2) is 0 Å². The van der Waals surface area contributed by atoms with Crippen LogP contribution in [0.4, 0.5) is 0 Å². The second-order valence-corrected chi connectivity index (χ2v) is 16.1. The summed E-state index contributed by atoms with van der Waals surface area (Å²) in [6.07, 6.45) is 3.69. The van der Waals surface area contributed by atoms with Crippen molar-refractivity contribution in [3.8, 4) is 6.07 Å². The van der Waals surface area contributed by atoms with E-state index >= 15 is 0 Å². The van der Waals surface area contributed by atoms with Crippen LogP contribution in [0, 0.1) is 11.3 Å². The van der Waals surface area contributed by atoms with Crippen molar-refractivity contribution < 1.29 is 4.43 Å². The lowest BCUT2D eigenvalue weighted by atomic mass is 10.2. The standard InChI is InChI=1S/C11H23NOSi2/c1-11(10-12,14(2,3)4)8-9-13-15(5,6)7/h8-9H,1-7H3/b9-8+.